The van der Waals surface area contributed by atoms with Crippen molar-refractivity contribution in [2.24, 2.45) is 7.05 Å². The van der Waals surface area contributed by atoms with Gasteiger partial charge in [0.1, 0.15) is 12.1 Å². The van der Waals surface area contributed by atoms with Crippen molar-refractivity contribution in [3.05, 3.63) is 71.7 Å². The molecule has 240 valence electrons. The molecule has 46 heavy (non-hydrogen) atoms. The van der Waals surface area contributed by atoms with Crippen LogP contribution in [0, 0.1) is 22.7 Å². The molecule has 0 radical (unpaired) electrons. The Morgan fingerprint density at radius 2 is 1.91 bits per heavy atom. The molecule has 3 heterocycles. The highest BCUT2D eigenvalue weighted by Crippen LogP contribution is 2.51. The average Bonchev–Trinajstić information content (AvgIpc) is 3.51. The van der Waals surface area contributed by atoms with E-state index in [1.54, 1.807) is 6.07 Å². The first kappa shape index (κ1) is 32.2. The van der Waals surface area contributed by atoms with Crippen LogP contribution in [-0.2, 0) is 18.9 Å². The van der Waals surface area contributed by atoms with E-state index in [9.17, 15) is 46.1 Å². The Labute approximate surface area is 255 Å². The number of nitriles is 2. The molecule has 1 aliphatic heterocycles. The van der Waals surface area contributed by atoms with Gasteiger partial charge in [-0.1, -0.05) is 24.8 Å². The number of aromatic nitrogens is 4. The van der Waals surface area contributed by atoms with Gasteiger partial charge in [0.2, 0.25) is 0 Å². The summed E-state index contributed by atoms with van der Waals surface area (Å²) in [6.07, 6.45) is -10.1. The molecule has 0 saturated heterocycles. The third-order valence-corrected chi connectivity index (χ3v) is 7.75. The van der Waals surface area contributed by atoms with E-state index in [-0.39, 0.29) is 24.0 Å². The maximum Gasteiger partial charge on any atom is 0.428 e. The molecule has 3 aromatic rings. The van der Waals surface area contributed by atoms with Crippen LogP contribution >= 0.6 is 0 Å². The molecule has 1 saturated carbocycles. The van der Waals surface area contributed by atoms with Gasteiger partial charge >= 0.3 is 12.4 Å². The lowest BCUT2D eigenvalue weighted by molar-refractivity contribution is -0.237. The van der Waals surface area contributed by atoms with E-state index in [1.807, 2.05) is 6.07 Å². The van der Waals surface area contributed by atoms with E-state index in [4.69, 9.17) is 4.74 Å². The molecule has 2 aliphatic rings. The minimum absolute atomic E-state index is 0.0253. The number of fused-ring (bicyclic) bond motifs is 1. The van der Waals surface area contributed by atoms with Crippen LogP contribution in [0.3, 0.4) is 0 Å². The summed E-state index contributed by atoms with van der Waals surface area (Å²) >= 11 is 0. The SMILES string of the molecule is C=CC1=CCC(F)(C(F)(F)F)c2nn(C)c(-n3cc(-c4ccc(C(F)(F)F)c(C(=O)N(CC#N)C5(C#N)CC5)c4)cn3)c2OC1F. The molecule has 0 bridgehead atoms. The van der Waals surface area contributed by atoms with E-state index in [0.717, 1.165) is 51.9 Å². The van der Waals surface area contributed by atoms with Gasteiger partial charge in [0.25, 0.3) is 17.9 Å². The smallest absolute Gasteiger partial charge is 0.428 e. The van der Waals surface area contributed by atoms with E-state index in [1.165, 1.54) is 0 Å². The number of aryl methyl sites for hydroxylation is 1. The van der Waals surface area contributed by atoms with Crippen molar-refractivity contribution < 1.29 is 44.7 Å². The first-order valence-corrected chi connectivity index (χ1v) is 13.3. The van der Waals surface area contributed by atoms with Crippen molar-refractivity contribution in [3.63, 3.8) is 0 Å². The quantitative estimate of drug-likeness (QED) is 0.231. The Morgan fingerprint density at radius 3 is 2.48 bits per heavy atom. The topological polar surface area (TPSA) is 113 Å². The van der Waals surface area contributed by atoms with Gasteiger partial charge in [0.05, 0.1) is 29.5 Å². The largest absolute Gasteiger partial charge is 0.450 e. The Bertz CT molecular complexity index is 1840. The second-order valence-electron chi connectivity index (χ2n) is 10.6. The van der Waals surface area contributed by atoms with Crippen molar-refractivity contribution in [1.29, 1.82) is 10.5 Å². The number of rotatable bonds is 6. The minimum atomic E-state index is -5.51. The maximum atomic E-state index is 15.7. The van der Waals surface area contributed by atoms with Crippen LogP contribution in [0.1, 0.15) is 40.9 Å². The fraction of sp³-hybridized carbons (Fsp3) is 0.345. The first-order chi connectivity index (χ1) is 21.5. The van der Waals surface area contributed by atoms with Crippen LogP contribution in [0.25, 0.3) is 16.9 Å². The molecule has 0 spiro atoms. The lowest BCUT2D eigenvalue weighted by Crippen LogP contribution is -2.42. The molecule has 0 N–H and O–H groups in total. The zero-order chi connectivity index (χ0) is 33.8. The molecule has 2 aromatic heterocycles. The molecule has 1 fully saturated rings. The third-order valence-electron chi connectivity index (χ3n) is 7.75. The number of alkyl halides is 8. The van der Waals surface area contributed by atoms with Gasteiger partial charge < -0.3 is 9.64 Å². The number of amides is 1. The fourth-order valence-electron chi connectivity index (χ4n) is 5.09. The predicted octanol–water partition coefficient (Wildman–Crippen LogP) is 6.23. The van der Waals surface area contributed by atoms with Gasteiger partial charge in [0, 0.05) is 30.8 Å². The van der Waals surface area contributed by atoms with E-state index in [2.05, 4.69) is 16.8 Å². The number of carbonyl (C=O) groups is 1. The van der Waals surface area contributed by atoms with Crippen molar-refractivity contribution in [2.75, 3.05) is 6.54 Å². The summed E-state index contributed by atoms with van der Waals surface area (Å²) < 4.78 is 122. The van der Waals surface area contributed by atoms with Gasteiger partial charge in [-0.15, -0.1) is 0 Å². The number of hydrogen-bond donors (Lipinski definition) is 0. The molecule has 1 aromatic carbocycles. The Balaban J connectivity index is 1.62. The van der Waals surface area contributed by atoms with Gasteiger partial charge in [0.15, 0.2) is 17.3 Å². The highest BCUT2D eigenvalue weighted by atomic mass is 19.4. The molecular weight excluding hydrogens is 630 g/mol. The lowest BCUT2D eigenvalue weighted by Gasteiger charge is -2.28. The molecule has 17 heteroatoms. The molecule has 1 amide bonds. The molecule has 2 unspecified atom stereocenters. The highest BCUT2D eigenvalue weighted by Gasteiger charge is 2.61. The van der Waals surface area contributed by atoms with Gasteiger partial charge in [-0.3, -0.25) is 4.79 Å². The molecular formula is C29H21F8N7O2. The zero-order valence-corrected chi connectivity index (χ0v) is 23.6. The minimum Gasteiger partial charge on any atom is -0.450 e. The second-order valence-corrected chi connectivity index (χ2v) is 10.6. The third kappa shape index (κ3) is 5.25. The van der Waals surface area contributed by atoms with Crippen molar-refractivity contribution in [3.8, 4) is 34.8 Å². The molecule has 9 nitrogen and oxygen atoms in total. The normalized spacial score (nSPS) is 20.6. The number of halogens is 8. The number of ether oxygens (including phenoxy) is 1. The summed E-state index contributed by atoms with van der Waals surface area (Å²) in [6.45, 7) is 2.67. The van der Waals surface area contributed by atoms with Crippen LogP contribution in [0.4, 0.5) is 35.1 Å². The summed E-state index contributed by atoms with van der Waals surface area (Å²) in [5, 5.41) is 26.4. The van der Waals surface area contributed by atoms with E-state index >= 15 is 4.39 Å². The number of allylic oxidation sites excluding steroid dienone is 1. The Morgan fingerprint density at radius 1 is 1.22 bits per heavy atom. The number of carbonyl (C=O) groups excluding carboxylic acids is 1. The zero-order valence-electron chi connectivity index (χ0n) is 23.6. The summed E-state index contributed by atoms with van der Waals surface area (Å²) in [5.41, 5.74) is -9.47. The Hall–Kier alpha value is -5.19. The maximum absolute atomic E-state index is 15.7. The number of benzene rings is 1. The monoisotopic (exact) mass is 651 g/mol. The van der Waals surface area contributed by atoms with Crippen molar-refractivity contribution in [1.82, 2.24) is 24.5 Å². The van der Waals surface area contributed by atoms with Crippen LogP contribution in [0.5, 0.6) is 5.75 Å². The van der Waals surface area contributed by atoms with Crippen LogP contribution in [0.2, 0.25) is 0 Å². The molecule has 2 atom stereocenters. The average molecular weight is 652 g/mol. The summed E-state index contributed by atoms with van der Waals surface area (Å²) in [4.78, 5) is 14.2. The predicted molar refractivity (Wildman–Crippen MR) is 142 cm³/mol. The van der Waals surface area contributed by atoms with Crippen LogP contribution in [0.15, 0.2) is 54.9 Å². The van der Waals surface area contributed by atoms with Gasteiger partial charge in [-0.2, -0.15) is 51.5 Å². The van der Waals surface area contributed by atoms with Crippen molar-refractivity contribution in [2.45, 2.75) is 49.2 Å². The summed E-state index contributed by atoms with van der Waals surface area (Å²) in [6, 6.07) is 6.08. The fourth-order valence-corrected chi connectivity index (χ4v) is 5.09. The summed E-state index contributed by atoms with van der Waals surface area (Å²) in [7, 11) is 1.12. The van der Waals surface area contributed by atoms with Gasteiger partial charge in [-0.05, 0) is 30.5 Å². The van der Waals surface area contributed by atoms with Gasteiger partial charge in [-0.25, -0.2) is 13.8 Å². The Kier molecular flexibility index (Phi) is 7.71. The lowest BCUT2D eigenvalue weighted by atomic mass is 9.93. The van der Waals surface area contributed by atoms with E-state index < -0.39 is 82.8 Å². The molecule has 5 rings (SSSR count). The second kappa shape index (κ2) is 11.0. The summed E-state index contributed by atoms with van der Waals surface area (Å²) in [5.74, 6) is -2.60. The number of nitrogens with zero attached hydrogens (tertiary/aromatic N) is 7. The first-order valence-electron chi connectivity index (χ1n) is 13.3. The standard InChI is InChI=1S/C29H21F8N7O2/c1-3-16-6-7-27(31,29(35,36)37)22-21(46-23(16)30)24(42(2)41-22)44-14-18(13-40-44)17-4-5-20(28(32,33)34)19(12-17)25(45)43(11-10-38)26(15-39)8-9-26/h3-6,12-14,23H,1,7-9,11H2,2H3. The van der Waals surface area contributed by atoms with Crippen molar-refractivity contribution >= 4 is 5.91 Å². The van der Waals surface area contributed by atoms with E-state index in [0.29, 0.717) is 12.1 Å². The van der Waals surface area contributed by atoms with Crippen LogP contribution in [-0.4, -0.2) is 55.0 Å². The highest BCUT2D eigenvalue weighted by molar-refractivity contribution is 5.98. The van der Waals surface area contributed by atoms with Crippen LogP contribution < -0.4 is 4.74 Å². The molecule has 1 aliphatic carbocycles. The number of hydrogen-bond acceptors (Lipinski definition) is 6.